The van der Waals surface area contributed by atoms with Gasteiger partial charge in [0.1, 0.15) is 0 Å². The maximum absolute atomic E-state index is 11.8. The van der Waals surface area contributed by atoms with Crippen LogP contribution in [0.5, 0.6) is 0 Å². The lowest BCUT2D eigenvalue weighted by atomic mass is 10.0. The number of aromatic nitrogens is 1. The highest BCUT2D eigenvalue weighted by molar-refractivity contribution is 6.20. The predicted octanol–water partition coefficient (Wildman–Crippen LogP) is 2.27. The Hall–Kier alpha value is -1.64. The van der Waals surface area contributed by atoms with Crippen molar-refractivity contribution in [2.24, 2.45) is 0 Å². The predicted molar refractivity (Wildman–Crippen MR) is 65.9 cm³/mol. The lowest BCUT2D eigenvalue weighted by molar-refractivity contribution is -0.113. The molecule has 0 atom stereocenters. The molecule has 0 N–H and O–H groups in total. The van der Waals surface area contributed by atoms with Crippen LogP contribution in [0.15, 0.2) is 24.5 Å². The van der Waals surface area contributed by atoms with E-state index < -0.39 is 0 Å². The molecule has 86 valence electrons. The Balaban J connectivity index is 3.16. The van der Waals surface area contributed by atoms with Gasteiger partial charge in [0.15, 0.2) is 5.78 Å². The molecule has 0 radical (unpaired) electrons. The Morgan fingerprint density at radius 1 is 1.50 bits per heavy atom. The normalized spacial score (nSPS) is 11.4. The molecule has 1 rings (SSSR count). The molecule has 0 bridgehead atoms. The molecule has 0 spiro atoms. The first-order chi connectivity index (χ1) is 7.54. The van der Waals surface area contributed by atoms with Gasteiger partial charge in [-0.05, 0) is 24.6 Å². The monoisotopic (exact) mass is 218 g/mol. The zero-order valence-corrected chi connectivity index (χ0v) is 10.3. The molecule has 1 aromatic rings. The van der Waals surface area contributed by atoms with Crippen LogP contribution in [0, 0.1) is 6.92 Å². The molecular weight excluding hydrogens is 200 g/mol. The highest BCUT2D eigenvalue weighted by Gasteiger charge is 2.10. The Morgan fingerprint density at radius 2 is 2.19 bits per heavy atom. The van der Waals surface area contributed by atoms with Gasteiger partial charge in [-0.3, -0.25) is 9.78 Å². The summed E-state index contributed by atoms with van der Waals surface area (Å²) >= 11 is 0. The van der Waals surface area contributed by atoms with Gasteiger partial charge in [-0.25, -0.2) is 0 Å². The summed E-state index contributed by atoms with van der Waals surface area (Å²) in [6.07, 6.45) is 4.11. The lowest BCUT2D eigenvalue weighted by Gasteiger charge is -2.11. The fourth-order valence-corrected chi connectivity index (χ4v) is 1.47. The molecule has 0 amide bonds. The van der Waals surface area contributed by atoms with Crippen molar-refractivity contribution < 1.29 is 4.79 Å². The highest BCUT2D eigenvalue weighted by atomic mass is 16.1. The van der Waals surface area contributed by atoms with Gasteiger partial charge in [-0.1, -0.05) is 6.92 Å². The van der Waals surface area contributed by atoms with Gasteiger partial charge in [0.05, 0.1) is 0 Å². The molecule has 0 saturated carbocycles. The van der Waals surface area contributed by atoms with Crippen LogP contribution in [0.3, 0.4) is 0 Å². The summed E-state index contributed by atoms with van der Waals surface area (Å²) in [5.74, 6) is 0.152. The lowest BCUT2D eigenvalue weighted by Crippen LogP contribution is -2.08. The second kappa shape index (κ2) is 5.45. The number of ketones is 1. The minimum atomic E-state index is 0.152. The van der Waals surface area contributed by atoms with Crippen LogP contribution < -0.4 is 0 Å². The van der Waals surface area contributed by atoms with Crippen molar-refractivity contribution in [3.05, 3.63) is 35.8 Å². The minimum absolute atomic E-state index is 0.152. The van der Waals surface area contributed by atoms with Crippen molar-refractivity contribution in [2.75, 3.05) is 14.1 Å². The topological polar surface area (TPSA) is 33.2 Å². The molecule has 0 aliphatic rings. The van der Waals surface area contributed by atoms with Gasteiger partial charge in [-0.15, -0.1) is 0 Å². The Morgan fingerprint density at radius 3 is 2.69 bits per heavy atom. The average Bonchev–Trinajstić information content (AvgIpc) is 2.24. The van der Waals surface area contributed by atoms with Crippen molar-refractivity contribution in [1.82, 2.24) is 9.88 Å². The van der Waals surface area contributed by atoms with Crippen LogP contribution in [0.25, 0.3) is 5.57 Å². The Labute approximate surface area is 96.8 Å². The molecule has 0 aliphatic carbocycles. The number of Topliss-reactive ketones (excluding diaryl/α,β-unsaturated/α-hetero) is 1. The molecule has 0 saturated heterocycles. The van der Waals surface area contributed by atoms with Gasteiger partial charge >= 0.3 is 0 Å². The first kappa shape index (κ1) is 12.4. The summed E-state index contributed by atoms with van der Waals surface area (Å²) in [6, 6.07) is 3.80. The standard InChI is InChI=1S/C13H18N2O/c1-5-13(16)12(9-15(3)4)11-6-7-14-10(2)8-11/h6-9H,5H2,1-4H3/b12-9-. The summed E-state index contributed by atoms with van der Waals surface area (Å²) in [6.45, 7) is 3.80. The van der Waals surface area contributed by atoms with Crippen LogP contribution in [-0.4, -0.2) is 29.8 Å². The maximum Gasteiger partial charge on any atom is 0.164 e. The van der Waals surface area contributed by atoms with E-state index in [2.05, 4.69) is 4.98 Å². The third-order valence-electron chi connectivity index (χ3n) is 2.22. The van der Waals surface area contributed by atoms with Crippen molar-refractivity contribution in [2.45, 2.75) is 20.3 Å². The number of pyridine rings is 1. The summed E-state index contributed by atoms with van der Waals surface area (Å²) in [4.78, 5) is 17.9. The first-order valence-electron chi connectivity index (χ1n) is 5.39. The van der Waals surface area contributed by atoms with E-state index in [4.69, 9.17) is 0 Å². The second-order valence-corrected chi connectivity index (χ2v) is 3.97. The van der Waals surface area contributed by atoms with Gasteiger partial charge < -0.3 is 4.90 Å². The number of carbonyl (C=O) groups is 1. The number of aryl methyl sites for hydroxylation is 1. The van der Waals surface area contributed by atoms with E-state index in [1.54, 1.807) is 6.20 Å². The molecule has 1 heterocycles. The molecule has 1 aromatic heterocycles. The van der Waals surface area contributed by atoms with Crippen LogP contribution in [0.4, 0.5) is 0 Å². The van der Waals surface area contributed by atoms with E-state index in [-0.39, 0.29) is 5.78 Å². The fourth-order valence-electron chi connectivity index (χ4n) is 1.47. The number of carbonyl (C=O) groups excluding carboxylic acids is 1. The average molecular weight is 218 g/mol. The maximum atomic E-state index is 11.8. The van der Waals surface area contributed by atoms with Crippen LogP contribution >= 0.6 is 0 Å². The van der Waals surface area contributed by atoms with E-state index in [0.29, 0.717) is 6.42 Å². The molecular formula is C13H18N2O. The van der Waals surface area contributed by atoms with Crippen LogP contribution in [0.2, 0.25) is 0 Å². The van der Waals surface area contributed by atoms with E-state index in [9.17, 15) is 4.79 Å². The molecule has 16 heavy (non-hydrogen) atoms. The Bertz CT molecular complexity index is 408. The van der Waals surface area contributed by atoms with Crippen LogP contribution in [0.1, 0.15) is 24.6 Å². The van der Waals surface area contributed by atoms with E-state index in [1.807, 2.05) is 51.2 Å². The quantitative estimate of drug-likeness (QED) is 0.727. The zero-order chi connectivity index (χ0) is 12.1. The molecule has 3 heteroatoms. The number of hydrogen-bond acceptors (Lipinski definition) is 3. The fraction of sp³-hybridized carbons (Fsp3) is 0.385. The summed E-state index contributed by atoms with van der Waals surface area (Å²) < 4.78 is 0. The molecule has 0 unspecified atom stereocenters. The smallest absolute Gasteiger partial charge is 0.164 e. The molecule has 3 nitrogen and oxygen atoms in total. The van der Waals surface area contributed by atoms with Gasteiger partial charge in [0, 0.05) is 44.2 Å². The number of nitrogens with zero attached hydrogens (tertiary/aromatic N) is 2. The largest absolute Gasteiger partial charge is 0.383 e. The van der Waals surface area contributed by atoms with Gasteiger partial charge in [0.25, 0.3) is 0 Å². The van der Waals surface area contributed by atoms with Crippen molar-refractivity contribution in [1.29, 1.82) is 0 Å². The highest BCUT2D eigenvalue weighted by Crippen LogP contribution is 2.17. The summed E-state index contributed by atoms with van der Waals surface area (Å²) in [7, 11) is 3.83. The molecule has 0 aliphatic heterocycles. The van der Waals surface area contributed by atoms with Crippen molar-refractivity contribution in [3.8, 4) is 0 Å². The van der Waals surface area contributed by atoms with Crippen LogP contribution in [-0.2, 0) is 4.79 Å². The minimum Gasteiger partial charge on any atom is -0.383 e. The summed E-state index contributed by atoms with van der Waals surface area (Å²) in [5, 5.41) is 0. The Kier molecular flexibility index (Phi) is 4.23. The van der Waals surface area contributed by atoms with Crippen molar-refractivity contribution in [3.63, 3.8) is 0 Å². The second-order valence-electron chi connectivity index (χ2n) is 3.97. The van der Waals surface area contributed by atoms with E-state index >= 15 is 0 Å². The van der Waals surface area contributed by atoms with E-state index in [1.165, 1.54) is 0 Å². The third-order valence-corrected chi connectivity index (χ3v) is 2.22. The molecule has 0 fully saturated rings. The molecule has 0 aromatic carbocycles. The van der Waals surface area contributed by atoms with Crippen molar-refractivity contribution >= 4 is 11.4 Å². The number of hydrogen-bond donors (Lipinski definition) is 0. The van der Waals surface area contributed by atoms with E-state index in [0.717, 1.165) is 16.8 Å². The first-order valence-corrected chi connectivity index (χ1v) is 5.39. The number of allylic oxidation sites excluding steroid dienone is 1. The summed E-state index contributed by atoms with van der Waals surface area (Å²) in [5.41, 5.74) is 2.61. The van der Waals surface area contributed by atoms with Gasteiger partial charge in [0.2, 0.25) is 0 Å². The number of rotatable bonds is 4. The van der Waals surface area contributed by atoms with Gasteiger partial charge in [-0.2, -0.15) is 0 Å². The SMILES string of the molecule is CCC(=O)/C(=C\N(C)C)c1ccnc(C)c1. The third kappa shape index (κ3) is 3.19. The zero-order valence-electron chi connectivity index (χ0n) is 10.3.